The van der Waals surface area contributed by atoms with Gasteiger partial charge in [-0.05, 0) is 13.8 Å². The normalized spacial score (nSPS) is 27.4. The van der Waals surface area contributed by atoms with Crippen LogP contribution in [0.25, 0.3) is 0 Å². The van der Waals surface area contributed by atoms with Crippen LogP contribution in [-0.2, 0) is 19.8 Å². The van der Waals surface area contributed by atoms with Gasteiger partial charge in [0.2, 0.25) is 0 Å². The maximum atomic E-state index is 11.8. The Morgan fingerprint density at radius 3 is 2.28 bits per heavy atom. The maximum absolute atomic E-state index is 11.8. The minimum absolute atomic E-state index is 0.0645. The zero-order valence-electron chi connectivity index (χ0n) is 9.90. The minimum atomic E-state index is -4.59. The van der Waals surface area contributed by atoms with E-state index in [1.807, 2.05) is 0 Å². The minimum Gasteiger partial charge on any atom is -0.373 e. The number of morpholine rings is 1. The first-order valence-corrected chi connectivity index (χ1v) is 6.65. The van der Waals surface area contributed by atoms with Crippen LogP contribution < -0.4 is 4.89 Å². The quantitative estimate of drug-likeness (QED) is 0.763. The second-order valence-electron chi connectivity index (χ2n) is 4.07. The third-order valence-corrected chi connectivity index (χ3v) is 3.43. The molecule has 10 heteroatoms. The van der Waals surface area contributed by atoms with E-state index < -0.39 is 23.0 Å². The monoisotopic (exact) mass is 292 g/mol. The molecule has 2 atom stereocenters. The van der Waals surface area contributed by atoms with E-state index in [2.05, 4.69) is 4.84 Å². The molecule has 18 heavy (non-hydrogen) atoms. The van der Waals surface area contributed by atoms with Gasteiger partial charge in [0.1, 0.15) is 0 Å². The number of hydrogen-bond donors (Lipinski definition) is 1. The lowest BCUT2D eigenvalue weighted by atomic mass is 10.3. The molecule has 1 saturated heterocycles. The van der Waals surface area contributed by atoms with Crippen molar-refractivity contribution in [1.29, 1.82) is 0 Å². The Morgan fingerprint density at radius 1 is 1.33 bits per heavy atom. The molecular formula is C8H15F3N2O4S. The van der Waals surface area contributed by atoms with E-state index in [-0.39, 0.29) is 25.3 Å². The van der Waals surface area contributed by atoms with Crippen LogP contribution in [0.4, 0.5) is 13.2 Å². The zero-order chi connectivity index (χ0) is 14.0. The molecule has 0 aliphatic carbocycles. The summed E-state index contributed by atoms with van der Waals surface area (Å²) in [6, 6.07) is 0. The van der Waals surface area contributed by atoms with Crippen LogP contribution in [0.3, 0.4) is 0 Å². The SMILES string of the molecule is CC1CN(S(=O)(=O)NOCC(F)(F)F)CC(C)O1. The molecule has 0 amide bonds. The molecule has 0 aromatic heterocycles. The first-order chi connectivity index (χ1) is 8.10. The first kappa shape index (κ1) is 15.6. The molecule has 0 radical (unpaired) electrons. The summed E-state index contributed by atoms with van der Waals surface area (Å²) in [6.45, 7) is 1.80. The Bertz CT molecular complexity index is 363. The van der Waals surface area contributed by atoms with Crippen LogP contribution in [0.5, 0.6) is 0 Å². The Hall–Kier alpha value is -0.420. The van der Waals surface area contributed by atoms with Gasteiger partial charge >= 0.3 is 16.4 Å². The van der Waals surface area contributed by atoms with Gasteiger partial charge in [-0.25, -0.2) is 0 Å². The van der Waals surface area contributed by atoms with Crippen molar-refractivity contribution in [3.63, 3.8) is 0 Å². The summed E-state index contributed by atoms with van der Waals surface area (Å²) in [5.74, 6) is 0. The third-order valence-electron chi connectivity index (χ3n) is 2.13. The number of alkyl halides is 3. The molecule has 108 valence electrons. The fourth-order valence-electron chi connectivity index (χ4n) is 1.57. The summed E-state index contributed by atoms with van der Waals surface area (Å²) in [5, 5.41) is 0. The van der Waals surface area contributed by atoms with Crippen molar-refractivity contribution in [2.75, 3.05) is 19.7 Å². The summed E-state index contributed by atoms with van der Waals surface area (Å²) < 4.78 is 65.0. The number of nitrogens with one attached hydrogen (secondary N) is 1. The van der Waals surface area contributed by atoms with Crippen LogP contribution in [0.1, 0.15) is 13.8 Å². The number of halogens is 3. The highest BCUT2D eigenvalue weighted by molar-refractivity contribution is 7.87. The molecule has 0 spiro atoms. The Kier molecular flexibility index (Phi) is 4.95. The molecule has 1 aliphatic heterocycles. The van der Waals surface area contributed by atoms with Gasteiger partial charge in [-0.1, -0.05) is 4.89 Å². The number of hydrogen-bond acceptors (Lipinski definition) is 4. The molecule has 6 nitrogen and oxygen atoms in total. The summed E-state index contributed by atoms with van der Waals surface area (Å²) in [6.07, 6.45) is -5.24. The average Bonchev–Trinajstić information content (AvgIpc) is 2.13. The highest BCUT2D eigenvalue weighted by Gasteiger charge is 2.33. The fraction of sp³-hybridized carbons (Fsp3) is 1.00. The van der Waals surface area contributed by atoms with Crippen LogP contribution in [0.15, 0.2) is 0 Å². The fourth-order valence-corrected chi connectivity index (χ4v) is 2.69. The van der Waals surface area contributed by atoms with Crippen molar-refractivity contribution in [3.05, 3.63) is 0 Å². The van der Waals surface area contributed by atoms with Crippen molar-refractivity contribution in [3.8, 4) is 0 Å². The van der Waals surface area contributed by atoms with E-state index in [1.165, 1.54) is 4.89 Å². The predicted molar refractivity (Wildman–Crippen MR) is 55.6 cm³/mol. The molecule has 1 aliphatic rings. The molecule has 0 bridgehead atoms. The van der Waals surface area contributed by atoms with Gasteiger partial charge in [-0.15, -0.1) is 0 Å². The highest BCUT2D eigenvalue weighted by atomic mass is 32.2. The lowest BCUT2D eigenvalue weighted by molar-refractivity contribution is -0.181. The molecule has 1 heterocycles. The molecular weight excluding hydrogens is 277 g/mol. The second-order valence-corrected chi connectivity index (χ2v) is 5.70. The standard InChI is InChI=1S/C8H15F3N2O4S/c1-6-3-13(4-7(2)17-6)18(14,15)12-16-5-8(9,10)11/h6-7,12H,3-5H2,1-2H3. The molecule has 0 aromatic rings. The van der Waals surface area contributed by atoms with E-state index in [1.54, 1.807) is 13.8 Å². The van der Waals surface area contributed by atoms with Gasteiger partial charge in [0, 0.05) is 13.1 Å². The summed E-state index contributed by atoms with van der Waals surface area (Å²) >= 11 is 0. The van der Waals surface area contributed by atoms with Crippen molar-refractivity contribution in [2.45, 2.75) is 32.2 Å². The average molecular weight is 292 g/mol. The van der Waals surface area contributed by atoms with Crippen molar-refractivity contribution in [1.82, 2.24) is 9.19 Å². The van der Waals surface area contributed by atoms with Gasteiger partial charge in [-0.2, -0.15) is 25.9 Å². The van der Waals surface area contributed by atoms with Gasteiger partial charge in [0.15, 0.2) is 6.61 Å². The largest absolute Gasteiger partial charge is 0.413 e. The van der Waals surface area contributed by atoms with Gasteiger partial charge in [-0.3, -0.25) is 4.84 Å². The zero-order valence-corrected chi connectivity index (χ0v) is 10.7. The van der Waals surface area contributed by atoms with Crippen LogP contribution in [-0.4, -0.2) is 50.8 Å². The lowest BCUT2D eigenvalue weighted by Gasteiger charge is -2.34. The Balaban J connectivity index is 2.52. The first-order valence-electron chi connectivity index (χ1n) is 5.21. The van der Waals surface area contributed by atoms with E-state index in [0.29, 0.717) is 0 Å². The molecule has 0 saturated carbocycles. The third kappa shape index (κ3) is 5.06. The van der Waals surface area contributed by atoms with Crippen LogP contribution in [0, 0.1) is 0 Å². The van der Waals surface area contributed by atoms with Crippen molar-refractivity contribution in [2.24, 2.45) is 0 Å². The Morgan fingerprint density at radius 2 is 1.83 bits per heavy atom. The highest BCUT2D eigenvalue weighted by Crippen LogP contribution is 2.16. The van der Waals surface area contributed by atoms with Crippen molar-refractivity contribution < 1.29 is 31.2 Å². The molecule has 1 rings (SSSR count). The molecule has 1 fully saturated rings. The lowest BCUT2D eigenvalue weighted by Crippen LogP contribution is -2.52. The predicted octanol–water partition coefficient (Wildman–Crippen LogP) is 0.424. The molecule has 1 N–H and O–H groups in total. The van der Waals surface area contributed by atoms with Crippen LogP contribution >= 0.6 is 0 Å². The van der Waals surface area contributed by atoms with E-state index >= 15 is 0 Å². The van der Waals surface area contributed by atoms with Crippen molar-refractivity contribution >= 4 is 10.2 Å². The summed E-state index contributed by atoms with van der Waals surface area (Å²) in [4.78, 5) is 5.39. The topological polar surface area (TPSA) is 67.9 Å². The number of rotatable bonds is 4. The van der Waals surface area contributed by atoms with Gasteiger partial charge in [0.05, 0.1) is 12.2 Å². The molecule has 2 unspecified atom stereocenters. The van der Waals surface area contributed by atoms with E-state index in [0.717, 1.165) is 4.31 Å². The summed E-state index contributed by atoms with van der Waals surface area (Å²) in [7, 11) is -4.09. The van der Waals surface area contributed by atoms with E-state index in [4.69, 9.17) is 4.74 Å². The Labute approximate surface area is 103 Å². The van der Waals surface area contributed by atoms with Crippen LogP contribution in [0.2, 0.25) is 0 Å². The maximum Gasteiger partial charge on any atom is 0.413 e. The van der Waals surface area contributed by atoms with Gasteiger partial charge < -0.3 is 4.74 Å². The second kappa shape index (κ2) is 5.70. The van der Waals surface area contributed by atoms with Gasteiger partial charge in [0.25, 0.3) is 0 Å². The van der Waals surface area contributed by atoms with E-state index in [9.17, 15) is 21.6 Å². The summed E-state index contributed by atoms with van der Waals surface area (Å²) in [5.41, 5.74) is 0. The smallest absolute Gasteiger partial charge is 0.373 e. The number of ether oxygens (including phenoxy) is 1. The number of nitrogens with zero attached hydrogens (tertiary/aromatic N) is 1. The molecule has 0 aromatic carbocycles.